The van der Waals surface area contributed by atoms with Crippen LogP contribution in [0.4, 0.5) is 16.6 Å². The summed E-state index contributed by atoms with van der Waals surface area (Å²) in [6, 6.07) is 14.2. The molecule has 14 heteroatoms. The third kappa shape index (κ3) is 9.46. The lowest BCUT2D eigenvalue weighted by atomic mass is 9.85. The lowest BCUT2D eigenvalue weighted by Gasteiger charge is -2.42. The van der Waals surface area contributed by atoms with Crippen molar-refractivity contribution in [3.63, 3.8) is 0 Å². The van der Waals surface area contributed by atoms with Gasteiger partial charge in [-0.3, -0.25) is 14.4 Å². The van der Waals surface area contributed by atoms with E-state index in [0.717, 1.165) is 84.3 Å². The topological polar surface area (TPSA) is 129 Å². The zero-order chi connectivity index (χ0) is 44.5. The molecule has 1 fully saturated rings. The second-order valence-electron chi connectivity index (χ2n) is 20.2. The molecule has 3 atom stereocenters. The van der Waals surface area contributed by atoms with Crippen LogP contribution in [0.2, 0.25) is 16.6 Å². The molecule has 0 bridgehead atoms. The van der Waals surface area contributed by atoms with Gasteiger partial charge < -0.3 is 19.4 Å². The first kappa shape index (κ1) is 45.3. The predicted molar refractivity (Wildman–Crippen MR) is 251 cm³/mol. The summed E-state index contributed by atoms with van der Waals surface area (Å²) in [5, 5.41) is 25.9. The number of rotatable bonds is 15. The van der Waals surface area contributed by atoms with E-state index < -0.39 is 8.32 Å². The summed E-state index contributed by atoms with van der Waals surface area (Å²) < 4.78 is 19.8. The third-order valence-corrected chi connectivity index (χ3v) is 19.4. The molecule has 1 aliphatic heterocycles. The van der Waals surface area contributed by atoms with E-state index in [0.29, 0.717) is 47.4 Å². The van der Waals surface area contributed by atoms with Crippen LogP contribution in [0, 0.1) is 5.92 Å². The molecule has 5 aromatic rings. The van der Waals surface area contributed by atoms with Crippen molar-refractivity contribution >= 4 is 31.8 Å². The van der Waals surface area contributed by atoms with E-state index in [1.807, 2.05) is 45.9 Å². The van der Waals surface area contributed by atoms with Crippen LogP contribution in [0.15, 0.2) is 54.9 Å². The number of ether oxygens (including phenoxy) is 1. The molecular weight excluding hydrogens is 793 g/mol. The highest BCUT2D eigenvalue weighted by molar-refractivity contribution is 6.77. The highest BCUT2D eigenvalue weighted by atomic mass is 28.4. The molecule has 7 rings (SSSR count). The van der Waals surface area contributed by atoms with Gasteiger partial charge in [-0.1, -0.05) is 100 Å². The lowest BCUT2D eigenvalue weighted by molar-refractivity contribution is 0.171. The van der Waals surface area contributed by atoms with Crippen molar-refractivity contribution in [1.29, 1.82) is 0 Å². The summed E-state index contributed by atoms with van der Waals surface area (Å²) in [5.74, 6) is 2.74. The number of hydrogen-bond acceptors (Lipinski definition) is 8. The van der Waals surface area contributed by atoms with Crippen molar-refractivity contribution in [3.05, 3.63) is 77.4 Å². The first-order chi connectivity index (χ1) is 29.5. The molecule has 0 radical (unpaired) electrons. The Morgan fingerprint density at radius 1 is 0.887 bits per heavy atom. The van der Waals surface area contributed by atoms with Crippen LogP contribution < -0.4 is 20.3 Å². The lowest BCUT2D eigenvalue weighted by Crippen LogP contribution is -2.47. The fourth-order valence-electron chi connectivity index (χ4n) is 9.97. The minimum atomic E-state index is -2.20. The van der Waals surface area contributed by atoms with Crippen molar-refractivity contribution in [2.75, 3.05) is 16.8 Å². The molecule has 5 heterocycles. The molecule has 0 saturated carbocycles. The zero-order valence-electron chi connectivity index (χ0n) is 39.4. The molecule has 13 nitrogen and oxygen atoms in total. The van der Waals surface area contributed by atoms with E-state index in [1.165, 1.54) is 6.42 Å². The summed E-state index contributed by atoms with van der Waals surface area (Å²) in [5.41, 5.74) is 6.49. The quantitative estimate of drug-likeness (QED) is 0.0996. The SMILES string of the molecule is CC(C)CCn1cc(-n2nc(C(C)(C)C)cc2NC(=O)N[C@H]2CC[C@@H](Oc3ccc4nnc(N5CCCC[C@@H]5C)n4c3)c3ccccc32)c(CO[Si](C(C)C)(C(C)C)C(C)C)n1. The Hall–Kier alpha value is -4.69. The smallest absolute Gasteiger partial charge is 0.320 e. The van der Waals surface area contributed by atoms with Crippen LogP contribution in [-0.4, -0.2) is 61.1 Å². The van der Waals surface area contributed by atoms with Crippen LogP contribution in [0.5, 0.6) is 5.75 Å². The maximum absolute atomic E-state index is 14.2. The van der Waals surface area contributed by atoms with Crippen molar-refractivity contribution in [2.24, 2.45) is 5.92 Å². The van der Waals surface area contributed by atoms with E-state index in [4.69, 9.17) is 19.4 Å². The monoisotopic (exact) mass is 865 g/mol. The second kappa shape index (κ2) is 18.6. The minimum Gasteiger partial charge on any atom is -0.484 e. The molecule has 2 amide bonds. The number of anilines is 2. The van der Waals surface area contributed by atoms with Crippen LogP contribution in [0.25, 0.3) is 11.3 Å². The van der Waals surface area contributed by atoms with Gasteiger partial charge in [0.15, 0.2) is 5.65 Å². The second-order valence-corrected chi connectivity index (χ2v) is 25.6. The molecule has 62 heavy (non-hydrogen) atoms. The van der Waals surface area contributed by atoms with Crippen molar-refractivity contribution in [2.45, 2.75) is 175 Å². The average molecular weight is 865 g/mol. The van der Waals surface area contributed by atoms with Gasteiger partial charge in [-0.15, -0.1) is 10.2 Å². The van der Waals surface area contributed by atoms with Gasteiger partial charge in [-0.25, -0.2) is 9.48 Å². The Balaban J connectivity index is 1.13. The molecule has 1 aliphatic carbocycles. The fourth-order valence-corrected chi connectivity index (χ4v) is 15.4. The van der Waals surface area contributed by atoms with Gasteiger partial charge in [-0.05, 0) is 91.2 Å². The first-order valence-corrected chi connectivity index (χ1v) is 25.4. The van der Waals surface area contributed by atoms with Gasteiger partial charge in [0.2, 0.25) is 14.3 Å². The van der Waals surface area contributed by atoms with E-state index >= 15 is 0 Å². The van der Waals surface area contributed by atoms with Gasteiger partial charge in [0.05, 0.1) is 30.7 Å². The van der Waals surface area contributed by atoms with Gasteiger partial charge in [0.1, 0.15) is 29.1 Å². The molecule has 336 valence electrons. The number of piperidine rings is 1. The molecule has 0 unspecified atom stereocenters. The van der Waals surface area contributed by atoms with Gasteiger partial charge in [0.25, 0.3) is 0 Å². The average Bonchev–Trinajstić information content (AvgIpc) is 3.95. The Morgan fingerprint density at radius 3 is 2.29 bits per heavy atom. The molecule has 1 saturated heterocycles. The molecule has 1 aromatic carbocycles. The third-order valence-electron chi connectivity index (χ3n) is 13.3. The molecule has 0 spiro atoms. The number of aryl methyl sites for hydroxylation is 1. The number of urea groups is 1. The first-order valence-electron chi connectivity index (χ1n) is 23.2. The Bertz CT molecular complexity index is 2280. The normalized spacial score (nSPS) is 18.6. The molecule has 2 N–H and O–H groups in total. The number of benzene rings is 1. The van der Waals surface area contributed by atoms with E-state index in [9.17, 15) is 4.79 Å². The van der Waals surface area contributed by atoms with Crippen LogP contribution in [0.1, 0.15) is 156 Å². The number of aromatic nitrogens is 7. The molecular formula is C48H72N10O3Si. The molecule has 4 aromatic heterocycles. The summed E-state index contributed by atoms with van der Waals surface area (Å²) in [4.78, 5) is 16.5. The number of nitrogens with one attached hydrogen (secondary N) is 2. The van der Waals surface area contributed by atoms with E-state index in [1.54, 1.807) is 0 Å². The summed E-state index contributed by atoms with van der Waals surface area (Å²) in [6.45, 7) is 29.1. The number of carbonyl (C=O) groups is 1. The summed E-state index contributed by atoms with van der Waals surface area (Å²) >= 11 is 0. The summed E-state index contributed by atoms with van der Waals surface area (Å²) in [7, 11) is -2.20. The number of carbonyl (C=O) groups excluding carboxylic acids is 1. The van der Waals surface area contributed by atoms with E-state index in [-0.39, 0.29) is 23.6 Å². The summed E-state index contributed by atoms with van der Waals surface area (Å²) in [6.07, 6.45) is 9.90. The van der Waals surface area contributed by atoms with Crippen molar-refractivity contribution in [3.8, 4) is 11.4 Å². The minimum absolute atomic E-state index is 0.175. The predicted octanol–water partition coefficient (Wildman–Crippen LogP) is 11.3. The molecule has 2 aliphatic rings. The fraction of sp³-hybridized carbons (Fsp3) is 0.604. The van der Waals surface area contributed by atoms with Crippen LogP contribution >= 0.6 is 0 Å². The number of fused-ring (bicyclic) bond motifs is 2. The Kier molecular flexibility index (Phi) is 13.6. The van der Waals surface area contributed by atoms with Crippen LogP contribution in [-0.2, 0) is 23.0 Å². The Labute approximate surface area is 370 Å². The van der Waals surface area contributed by atoms with Gasteiger partial charge in [-0.2, -0.15) is 10.2 Å². The van der Waals surface area contributed by atoms with Crippen molar-refractivity contribution < 1.29 is 14.0 Å². The number of amides is 2. The Morgan fingerprint density at radius 2 is 1.61 bits per heavy atom. The van der Waals surface area contributed by atoms with Gasteiger partial charge >= 0.3 is 6.03 Å². The van der Waals surface area contributed by atoms with Crippen LogP contribution in [0.3, 0.4) is 0 Å². The number of nitrogens with zero attached hydrogens (tertiary/aromatic N) is 8. The van der Waals surface area contributed by atoms with E-state index in [2.05, 4.69) is 132 Å². The largest absolute Gasteiger partial charge is 0.484 e. The zero-order valence-corrected chi connectivity index (χ0v) is 40.4. The highest BCUT2D eigenvalue weighted by Gasteiger charge is 2.45. The van der Waals surface area contributed by atoms with Crippen molar-refractivity contribution in [1.82, 2.24) is 39.5 Å². The number of hydrogen-bond donors (Lipinski definition) is 2. The standard InChI is InChI=1S/C48H72N10O3Si/c1-31(2)24-26-55-29-41(40(53-55)30-60-62(32(3)4,33(5)6)34(7)8)58-45(27-43(54-58)48(10,11)12)50-46(59)49-39-21-22-42(38-19-14-13-18-37(38)39)61-36-20-23-44-51-52-47(57(44)28-36)56-25-16-15-17-35(56)9/h13-14,18-20,23,27-29,31-35,39,42H,15-17,21-22,24-26,30H2,1-12H3,(H2,49,50,59)/t35-,39-,42+/m0/s1. The highest BCUT2D eigenvalue weighted by Crippen LogP contribution is 2.43. The maximum Gasteiger partial charge on any atom is 0.320 e. The maximum atomic E-state index is 14.2. The number of pyridine rings is 1. The van der Waals surface area contributed by atoms with Gasteiger partial charge in [0, 0.05) is 30.6 Å².